The zero-order chi connectivity index (χ0) is 9.84. The summed E-state index contributed by atoms with van der Waals surface area (Å²) in [5, 5.41) is 4.89. The second kappa shape index (κ2) is 4.77. The van der Waals surface area contributed by atoms with Gasteiger partial charge in [0, 0.05) is 12.5 Å². The van der Waals surface area contributed by atoms with Crippen LogP contribution in [0.4, 0.5) is 0 Å². The van der Waals surface area contributed by atoms with E-state index >= 15 is 0 Å². The highest BCUT2D eigenvalue weighted by Crippen LogP contribution is 2.20. The molecule has 72 valence electrons. The number of halogens is 1. The molecule has 0 bridgehead atoms. The maximum atomic E-state index is 11.2. The van der Waals surface area contributed by atoms with Gasteiger partial charge in [-0.15, -0.1) is 11.3 Å². The standard InChI is InChI=1S/C9H12BrNOS/c1-6(2)9(12)11-4-7-3-8(10)13-5-7/h3,5-6H,4H2,1-2H3,(H,11,12). The van der Waals surface area contributed by atoms with Crippen molar-refractivity contribution in [2.45, 2.75) is 20.4 Å². The van der Waals surface area contributed by atoms with Crippen LogP contribution >= 0.6 is 27.3 Å². The molecule has 0 aliphatic heterocycles. The molecule has 0 aliphatic carbocycles. The molecule has 0 aliphatic rings. The van der Waals surface area contributed by atoms with Crippen molar-refractivity contribution < 1.29 is 4.79 Å². The Hall–Kier alpha value is -0.350. The molecule has 0 unspecified atom stereocenters. The lowest BCUT2D eigenvalue weighted by molar-refractivity contribution is -0.124. The zero-order valence-electron chi connectivity index (χ0n) is 7.63. The van der Waals surface area contributed by atoms with Crippen LogP contribution in [0.3, 0.4) is 0 Å². The van der Waals surface area contributed by atoms with Crippen molar-refractivity contribution in [3.8, 4) is 0 Å². The van der Waals surface area contributed by atoms with Crippen LogP contribution in [0.5, 0.6) is 0 Å². The maximum absolute atomic E-state index is 11.2. The number of rotatable bonds is 3. The topological polar surface area (TPSA) is 29.1 Å². The molecule has 0 saturated heterocycles. The summed E-state index contributed by atoms with van der Waals surface area (Å²) < 4.78 is 1.10. The van der Waals surface area contributed by atoms with Gasteiger partial charge in [0.15, 0.2) is 0 Å². The monoisotopic (exact) mass is 261 g/mol. The molecule has 0 atom stereocenters. The van der Waals surface area contributed by atoms with Gasteiger partial charge in [0.1, 0.15) is 0 Å². The molecular formula is C9H12BrNOS. The molecule has 2 nitrogen and oxygen atoms in total. The van der Waals surface area contributed by atoms with E-state index in [0.717, 1.165) is 9.35 Å². The van der Waals surface area contributed by atoms with Crippen molar-refractivity contribution in [1.82, 2.24) is 5.32 Å². The van der Waals surface area contributed by atoms with E-state index in [4.69, 9.17) is 0 Å². The molecule has 1 N–H and O–H groups in total. The summed E-state index contributed by atoms with van der Waals surface area (Å²) in [6.45, 7) is 4.40. The number of amides is 1. The van der Waals surface area contributed by atoms with Crippen LogP contribution in [-0.2, 0) is 11.3 Å². The normalized spacial score (nSPS) is 10.5. The summed E-state index contributed by atoms with van der Waals surface area (Å²) in [4.78, 5) is 11.2. The molecule has 1 aromatic rings. The number of hydrogen-bond donors (Lipinski definition) is 1. The van der Waals surface area contributed by atoms with Crippen LogP contribution in [0.15, 0.2) is 15.2 Å². The lowest BCUT2D eigenvalue weighted by Crippen LogP contribution is -2.26. The predicted octanol–water partition coefficient (Wildman–Crippen LogP) is 2.78. The number of thiophene rings is 1. The van der Waals surface area contributed by atoms with Crippen molar-refractivity contribution >= 4 is 33.2 Å². The zero-order valence-corrected chi connectivity index (χ0v) is 10.0. The lowest BCUT2D eigenvalue weighted by atomic mass is 10.2. The smallest absolute Gasteiger partial charge is 0.222 e. The second-order valence-corrected chi connectivity index (χ2v) is 5.42. The van der Waals surface area contributed by atoms with Crippen LogP contribution in [0.25, 0.3) is 0 Å². The Labute approximate surface area is 90.5 Å². The van der Waals surface area contributed by atoms with Crippen molar-refractivity contribution in [3.05, 3.63) is 20.8 Å². The summed E-state index contributed by atoms with van der Waals surface area (Å²) in [6.07, 6.45) is 0. The van der Waals surface area contributed by atoms with Crippen LogP contribution in [0.2, 0.25) is 0 Å². The molecular weight excluding hydrogens is 250 g/mol. The van der Waals surface area contributed by atoms with E-state index in [0.29, 0.717) is 6.54 Å². The van der Waals surface area contributed by atoms with Gasteiger partial charge in [-0.3, -0.25) is 4.79 Å². The summed E-state index contributed by atoms with van der Waals surface area (Å²) in [6, 6.07) is 2.02. The van der Waals surface area contributed by atoms with E-state index < -0.39 is 0 Å². The van der Waals surface area contributed by atoms with Gasteiger partial charge in [0.25, 0.3) is 0 Å². The average molecular weight is 262 g/mol. The summed E-state index contributed by atoms with van der Waals surface area (Å²) in [5.41, 5.74) is 1.14. The number of hydrogen-bond acceptors (Lipinski definition) is 2. The Balaban J connectivity index is 2.39. The fourth-order valence-corrected chi connectivity index (χ4v) is 2.04. The molecule has 0 aromatic carbocycles. The maximum Gasteiger partial charge on any atom is 0.222 e. The predicted molar refractivity (Wildman–Crippen MR) is 58.7 cm³/mol. The van der Waals surface area contributed by atoms with Crippen LogP contribution in [0.1, 0.15) is 19.4 Å². The molecule has 0 fully saturated rings. The Bertz CT molecular complexity index is 296. The third-order valence-electron chi connectivity index (χ3n) is 1.61. The molecule has 1 aromatic heterocycles. The van der Waals surface area contributed by atoms with E-state index in [1.807, 2.05) is 25.3 Å². The molecule has 1 amide bonds. The minimum absolute atomic E-state index is 0.0575. The van der Waals surface area contributed by atoms with E-state index in [1.54, 1.807) is 11.3 Å². The lowest BCUT2D eigenvalue weighted by Gasteiger charge is -2.05. The first-order valence-electron chi connectivity index (χ1n) is 4.10. The van der Waals surface area contributed by atoms with Gasteiger partial charge in [-0.05, 0) is 32.9 Å². The van der Waals surface area contributed by atoms with Gasteiger partial charge in [-0.25, -0.2) is 0 Å². The van der Waals surface area contributed by atoms with Gasteiger partial charge in [-0.2, -0.15) is 0 Å². The third kappa shape index (κ3) is 3.48. The SMILES string of the molecule is CC(C)C(=O)NCc1csc(Br)c1. The van der Waals surface area contributed by atoms with Gasteiger partial charge in [0.05, 0.1) is 3.79 Å². The molecule has 0 saturated carbocycles. The average Bonchev–Trinajstić information content (AvgIpc) is 2.47. The molecule has 1 rings (SSSR count). The number of carbonyl (C=O) groups excluding carboxylic acids is 1. The third-order valence-corrected chi connectivity index (χ3v) is 3.17. The van der Waals surface area contributed by atoms with Gasteiger partial charge in [-0.1, -0.05) is 13.8 Å². The Morgan fingerprint density at radius 3 is 2.85 bits per heavy atom. The summed E-state index contributed by atoms with van der Waals surface area (Å²) in [7, 11) is 0. The first-order chi connectivity index (χ1) is 6.09. The first kappa shape index (κ1) is 10.7. The second-order valence-electron chi connectivity index (χ2n) is 3.13. The Morgan fingerprint density at radius 1 is 1.69 bits per heavy atom. The first-order valence-corrected chi connectivity index (χ1v) is 5.77. The van der Waals surface area contributed by atoms with E-state index in [2.05, 4.69) is 21.2 Å². The minimum Gasteiger partial charge on any atom is -0.352 e. The summed E-state index contributed by atoms with van der Waals surface area (Å²) in [5.74, 6) is 0.157. The highest BCUT2D eigenvalue weighted by molar-refractivity contribution is 9.11. The quantitative estimate of drug-likeness (QED) is 0.891. The molecule has 0 radical (unpaired) electrons. The highest BCUT2D eigenvalue weighted by Gasteiger charge is 2.06. The van der Waals surface area contributed by atoms with Gasteiger partial charge >= 0.3 is 0 Å². The van der Waals surface area contributed by atoms with Crippen molar-refractivity contribution in [3.63, 3.8) is 0 Å². The van der Waals surface area contributed by atoms with Crippen LogP contribution in [0, 0.1) is 5.92 Å². The van der Waals surface area contributed by atoms with Crippen molar-refractivity contribution in [2.24, 2.45) is 5.92 Å². The largest absolute Gasteiger partial charge is 0.352 e. The molecule has 0 spiro atoms. The Kier molecular flexibility index (Phi) is 3.93. The Morgan fingerprint density at radius 2 is 2.38 bits per heavy atom. The van der Waals surface area contributed by atoms with E-state index in [-0.39, 0.29) is 11.8 Å². The summed E-state index contributed by atoms with van der Waals surface area (Å²) >= 11 is 5.00. The van der Waals surface area contributed by atoms with Crippen molar-refractivity contribution in [2.75, 3.05) is 0 Å². The fourth-order valence-electron chi connectivity index (χ4n) is 0.832. The van der Waals surface area contributed by atoms with Gasteiger partial charge < -0.3 is 5.32 Å². The fraction of sp³-hybridized carbons (Fsp3) is 0.444. The molecule has 13 heavy (non-hydrogen) atoms. The highest BCUT2D eigenvalue weighted by atomic mass is 79.9. The van der Waals surface area contributed by atoms with Crippen molar-refractivity contribution in [1.29, 1.82) is 0 Å². The molecule has 4 heteroatoms. The van der Waals surface area contributed by atoms with Crippen LogP contribution < -0.4 is 5.32 Å². The number of carbonyl (C=O) groups is 1. The van der Waals surface area contributed by atoms with Gasteiger partial charge in [0.2, 0.25) is 5.91 Å². The molecule has 1 heterocycles. The van der Waals surface area contributed by atoms with E-state index in [1.165, 1.54) is 0 Å². The minimum atomic E-state index is 0.0575. The van der Waals surface area contributed by atoms with E-state index in [9.17, 15) is 4.79 Å². The number of nitrogens with one attached hydrogen (secondary N) is 1. The van der Waals surface area contributed by atoms with Crippen LogP contribution in [-0.4, -0.2) is 5.91 Å².